The summed E-state index contributed by atoms with van der Waals surface area (Å²) in [6, 6.07) is 4.89. The van der Waals surface area contributed by atoms with Gasteiger partial charge in [-0.1, -0.05) is 12.1 Å². The minimum absolute atomic E-state index is 0.0437. The van der Waals surface area contributed by atoms with Crippen molar-refractivity contribution < 1.29 is 40.0 Å². The molecule has 166 valence electrons. The highest BCUT2D eigenvalue weighted by Gasteiger charge is 2.64. The molecule has 0 fully saturated rings. The van der Waals surface area contributed by atoms with E-state index in [2.05, 4.69) is 10.2 Å². The van der Waals surface area contributed by atoms with Gasteiger partial charge in [-0.15, -0.1) is 0 Å². The molecule has 0 spiro atoms. The minimum Gasteiger partial charge on any atom is -0.258 e. The van der Waals surface area contributed by atoms with Crippen LogP contribution >= 0.6 is 0 Å². The topological polar surface area (TPSA) is 78.8 Å². The van der Waals surface area contributed by atoms with Gasteiger partial charge in [-0.2, -0.15) is 45.3 Å². The van der Waals surface area contributed by atoms with Crippen LogP contribution in [0.1, 0.15) is 11.3 Å². The van der Waals surface area contributed by atoms with E-state index >= 15 is 0 Å². The van der Waals surface area contributed by atoms with E-state index in [1.807, 2.05) is 0 Å². The molecule has 3 aromatic rings. The second kappa shape index (κ2) is 7.02. The van der Waals surface area contributed by atoms with Crippen LogP contribution in [0.2, 0.25) is 0 Å². The van der Waals surface area contributed by atoms with E-state index in [4.69, 9.17) is 0 Å². The summed E-state index contributed by atoms with van der Waals surface area (Å²) in [7, 11) is 0.745. The van der Waals surface area contributed by atoms with Gasteiger partial charge >= 0.3 is 18.3 Å². The first-order valence-electron chi connectivity index (χ1n) is 8.03. The van der Waals surface area contributed by atoms with Gasteiger partial charge < -0.3 is 0 Å². The molecule has 0 aliphatic heterocycles. The van der Waals surface area contributed by atoms with Gasteiger partial charge in [0.1, 0.15) is 5.56 Å². The van der Waals surface area contributed by atoms with Crippen molar-refractivity contribution in [2.24, 2.45) is 7.05 Å². The molecule has 0 saturated heterocycles. The van der Waals surface area contributed by atoms with Gasteiger partial charge in [0.05, 0.1) is 11.1 Å². The van der Waals surface area contributed by atoms with E-state index in [9.17, 15) is 45.2 Å². The number of nitro benzene ring substituents is 1. The SMILES string of the molecule is Cn1nc(C(F)(F)C(F)(F)F)c(C(F)(F)F)c1-n1cc(-c2cccc([N+](=O)[O-])c2)cn1. The van der Waals surface area contributed by atoms with Gasteiger partial charge in [0, 0.05) is 30.9 Å². The molecule has 2 aromatic heterocycles. The van der Waals surface area contributed by atoms with Gasteiger partial charge in [0.2, 0.25) is 0 Å². The maximum absolute atomic E-state index is 13.8. The van der Waals surface area contributed by atoms with Gasteiger partial charge in [-0.05, 0) is 5.56 Å². The molecule has 0 aliphatic rings. The second-order valence-corrected chi connectivity index (χ2v) is 6.22. The van der Waals surface area contributed by atoms with Crippen LogP contribution in [-0.4, -0.2) is 30.7 Å². The second-order valence-electron chi connectivity index (χ2n) is 6.22. The molecule has 1 aromatic carbocycles. The molecule has 7 nitrogen and oxygen atoms in total. The first-order valence-corrected chi connectivity index (χ1v) is 8.03. The summed E-state index contributed by atoms with van der Waals surface area (Å²) < 4.78 is 107. The standard InChI is InChI=1S/C16H9F8N5O2/c1-27-13(11(15(19,20)21)12(26-27)14(17,18)16(22,23)24)28-7-9(6-25-28)8-3-2-4-10(5-8)29(30)31/h2-7H,1H3. The third kappa shape index (κ3) is 3.82. The Morgan fingerprint density at radius 3 is 2.23 bits per heavy atom. The van der Waals surface area contributed by atoms with E-state index in [0.29, 0.717) is 4.68 Å². The Hall–Kier alpha value is -3.52. The molecule has 0 bridgehead atoms. The normalized spacial score (nSPS) is 12.9. The van der Waals surface area contributed by atoms with Gasteiger partial charge in [0.25, 0.3) is 5.69 Å². The number of nitrogens with zero attached hydrogens (tertiary/aromatic N) is 5. The average molecular weight is 455 g/mol. The van der Waals surface area contributed by atoms with Crippen LogP contribution in [0.15, 0.2) is 36.7 Å². The smallest absolute Gasteiger partial charge is 0.258 e. The molecular formula is C16H9F8N5O2. The van der Waals surface area contributed by atoms with Crippen LogP contribution in [0.25, 0.3) is 16.9 Å². The Balaban J connectivity index is 2.19. The van der Waals surface area contributed by atoms with Crippen molar-refractivity contribution in [3.8, 4) is 16.9 Å². The lowest BCUT2D eigenvalue weighted by atomic mass is 10.1. The van der Waals surface area contributed by atoms with Gasteiger partial charge in [-0.25, -0.2) is 9.36 Å². The van der Waals surface area contributed by atoms with Crippen LogP contribution in [0, 0.1) is 10.1 Å². The van der Waals surface area contributed by atoms with Crippen LogP contribution in [0.4, 0.5) is 40.8 Å². The Bertz CT molecular complexity index is 1150. The Morgan fingerprint density at radius 1 is 1.03 bits per heavy atom. The van der Waals surface area contributed by atoms with Gasteiger partial charge in [0.15, 0.2) is 11.5 Å². The number of hydrogen-bond acceptors (Lipinski definition) is 4. The van der Waals surface area contributed by atoms with Crippen molar-refractivity contribution in [3.63, 3.8) is 0 Å². The van der Waals surface area contributed by atoms with E-state index in [0.717, 1.165) is 31.6 Å². The molecule has 0 N–H and O–H groups in total. The highest BCUT2D eigenvalue weighted by Crippen LogP contribution is 2.49. The number of halogens is 8. The zero-order valence-electron chi connectivity index (χ0n) is 15.0. The van der Waals surface area contributed by atoms with E-state index in [1.165, 1.54) is 12.1 Å². The predicted octanol–water partition coefficient (Wildman–Crippen LogP) is 4.85. The number of aryl methyl sites for hydroxylation is 1. The van der Waals surface area contributed by atoms with E-state index in [1.54, 1.807) is 0 Å². The number of alkyl halides is 8. The lowest BCUT2D eigenvalue weighted by Crippen LogP contribution is -2.36. The minimum atomic E-state index is -6.32. The molecule has 0 amide bonds. The molecule has 0 atom stereocenters. The molecule has 0 unspecified atom stereocenters. The number of rotatable bonds is 4. The van der Waals surface area contributed by atoms with E-state index in [-0.39, 0.29) is 21.5 Å². The maximum atomic E-state index is 13.8. The lowest BCUT2D eigenvalue weighted by Gasteiger charge is -2.19. The van der Waals surface area contributed by atoms with E-state index < -0.39 is 40.3 Å². The molecule has 0 saturated carbocycles. The van der Waals surface area contributed by atoms with Crippen molar-refractivity contribution in [1.82, 2.24) is 19.6 Å². The average Bonchev–Trinajstić information content (AvgIpc) is 3.25. The first kappa shape index (κ1) is 22.2. The summed E-state index contributed by atoms with van der Waals surface area (Å²) in [5, 5.41) is 17.3. The molecular weight excluding hydrogens is 446 g/mol. The third-order valence-corrected chi connectivity index (χ3v) is 4.14. The Kier molecular flexibility index (Phi) is 5.02. The Labute approximate surface area is 166 Å². The summed E-state index contributed by atoms with van der Waals surface area (Å²) in [6.07, 6.45) is -10.1. The fourth-order valence-corrected chi connectivity index (χ4v) is 2.78. The Morgan fingerprint density at radius 2 is 1.68 bits per heavy atom. The molecule has 31 heavy (non-hydrogen) atoms. The number of hydrogen-bond donors (Lipinski definition) is 0. The summed E-state index contributed by atoms with van der Waals surface area (Å²) >= 11 is 0. The van der Waals surface area contributed by atoms with Crippen LogP contribution in [0.5, 0.6) is 0 Å². The lowest BCUT2D eigenvalue weighted by molar-refractivity contribution is -0.384. The van der Waals surface area contributed by atoms with Crippen LogP contribution in [-0.2, 0) is 19.1 Å². The molecule has 2 heterocycles. The van der Waals surface area contributed by atoms with Crippen molar-refractivity contribution in [2.75, 3.05) is 0 Å². The quantitative estimate of drug-likeness (QED) is 0.320. The molecule has 15 heteroatoms. The summed E-state index contributed by atoms with van der Waals surface area (Å²) in [4.78, 5) is 10.2. The fraction of sp³-hybridized carbons (Fsp3) is 0.250. The fourth-order valence-electron chi connectivity index (χ4n) is 2.78. The van der Waals surface area contributed by atoms with Crippen molar-refractivity contribution in [3.05, 3.63) is 58.0 Å². The van der Waals surface area contributed by atoms with Crippen LogP contribution in [0.3, 0.4) is 0 Å². The highest BCUT2D eigenvalue weighted by molar-refractivity contribution is 5.65. The zero-order valence-corrected chi connectivity index (χ0v) is 15.0. The zero-order chi connectivity index (χ0) is 23.4. The largest absolute Gasteiger partial charge is 0.459 e. The summed E-state index contributed by atoms with van der Waals surface area (Å²) in [6.45, 7) is 0. The van der Waals surface area contributed by atoms with Gasteiger partial charge in [-0.3, -0.25) is 10.1 Å². The molecule has 0 aliphatic carbocycles. The summed E-state index contributed by atoms with van der Waals surface area (Å²) in [5.41, 5.74) is -4.98. The number of aromatic nitrogens is 4. The predicted molar refractivity (Wildman–Crippen MR) is 87.4 cm³/mol. The van der Waals surface area contributed by atoms with Crippen molar-refractivity contribution in [2.45, 2.75) is 18.3 Å². The maximum Gasteiger partial charge on any atom is 0.459 e. The number of nitro groups is 1. The monoisotopic (exact) mass is 455 g/mol. The van der Waals surface area contributed by atoms with Crippen molar-refractivity contribution >= 4 is 5.69 Å². The number of non-ortho nitro benzene ring substituents is 1. The first-order chi connectivity index (χ1) is 14.1. The van der Waals surface area contributed by atoms with Crippen LogP contribution < -0.4 is 0 Å². The molecule has 0 radical (unpaired) electrons. The summed E-state index contributed by atoms with van der Waals surface area (Å²) in [5.74, 6) is -7.08. The van der Waals surface area contributed by atoms with Crippen molar-refractivity contribution in [1.29, 1.82) is 0 Å². The molecule has 3 rings (SSSR count). The highest BCUT2D eigenvalue weighted by atomic mass is 19.4. The number of benzene rings is 1. The third-order valence-electron chi connectivity index (χ3n) is 4.14.